The van der Waals surface area contributed by atoms with Gasteiger partial charge in [-0.15, -0.1) is 0 Å². The molecule has 0 bridgehead atoms. The quantitative estimate of drug-likeness (QED) is 0.482. The number of nitrogens with zero attached hydrogens (tertiary/aromatic N) is 1. The van der Waals surface area contributed by atoms with Crippen molar-refractivity contribution in [2.24, 2.45) is 0 Å². The summed E-state index contributed by atoms with van der Waals surface area (Å²) in [5.74, 6) is -3.40. The van der Waals surface area contributed by atoms with Gasteiger partial charge in [0, 0.05) is 29.5 Å². The predicted octanol–water partition coefficient (Wildman–Crippen LogP) is 1.90. The molecule has 0 aliphatic carbocycles. The Morgan fingerprint density at radius 2 is 1.70 bits per heavy atom. The second-order valence-electron chi connectivity index (χ2n) is 6.03. The Balaban J connectivity index is 2.13. The standard InChI is InChI=1S/C20H16ClNO5/c21-14-8-6-13(7-9-14)18(25)16-17(12-4-2-1-3-5-12)22(11-10-15(23)24)20(27)19(16)26/h1-9,17,25H,10-11H2,(H,23,24)/p-1/t17-/m1/s1. The molecule has 2 aromatic rings. The molecule has 0 spiro atoms. The Morgan fingerprint density at radius 1 is 1.07 bits per heavy atom. The first-order valence-electron chi connectivity index (χ1n) is 8.19. The third-order valence-corrected chi connectivity index (χ3v) is 4.58. The molecule has 7 heteroatoms. The van der Waals surface area contributed by atoms with E-state index in [1.54, 1.807) is 42.5 Å². The molecule has 0 aromatic heterocycles. The largest absolute Gasteiger partial charge is 0.550 e. The molecule has 1 N–H and O–H groups in total. The number of halogens is 1. The lowest BCUT2D eigenvalue weighted by Crippen LogP contribution is -2.34. The maximum Gasteiger partial charge on any atom is 0.295 e. The number of ketones is 1. The highest BCUT2D eigenvalue weighted by Gasteiger charge is 2.45. The molecular formula is C20H15ClNO5-. The van der Waals surface area contributed by atoms with Crippen molar-refractivity contribution >= 4 is 35.0 Å². The molecule has 1 aliphatic heterocycles. The lowest BCUT2D eigenvalue weighted by atomic mass is 9.95. The van der Waals surface area contributed by atoms with Crippen LogP contribution < -0.4 is 5.11 Å². The molecule has 138 valence electrons. The van der Waals surface area contributed by atoms with E-state index in [1.165, 1.54) is 12.1 Å². The zero-order valence-corrected chi connectivity index (χ0v) is 14.8. The topological polar surface area (TPSA) is 97.7 Å². The molecular weight excluding hydrogens is 370 g/mol. The zero-order valence-electron chi connectivity index (χ0n) is 14.1. The van der Waals surface area contributed by atoms with Crippen LogP contribution >= 0.6 is 11.6 Å². The molecule has 27 heavy (non-hydrogen) atoms. The molecule has 0 radical (unpaired) electrons. The van der Waals surface area contributed by atoms with E-state index in [2.05, 4.69) is 0 Å². The Morgan fingerprint density at radius 3 is 2.30 bits per heavy atom. The lowest BCUT2D eigenvalue weighted by molar-refractivity contribution is -0.305. The highest BCUT2D eigenvalue weighted by Crippen LogP contribution is 2.39. The van der Waals surface area contributed by atoms with Gasteiger partial charge in [0.2, 0.25) is 0 Å². The molecule has 0 unspecified atom stereocenters. The van der Waals surface area contributed by atoms with E-state index < -0.39 is 30.1 Å². The average molecular weight is 385 g/mol. The number of amides is 1. The molecule has 1 amide bonds. The van der Waals surface area contributed by atoms with E-state index in [1.807, 2.05) is 0 Å². The average Bonchev–Trinajstić information content (AvgIpc) is 2.91. The van der Waals surface area contributed by atoms with Crippen LogP contribution in [0, 0.1) is 0 Å². The van der Waals surface area contributed by atoms with Gasteiger partial charge in [0.05, 0.1) is 11.6 Å². The number of benzene rings is 2. The van der Waals surface area contributed by atoms with E-state index in [9.17, 15) is 24.6 Å². The van der Waals surface area contributed by atoms with Crippen LogP contribution in [0.5, 0.6) is 0 Å². The van der Waals surface area contributed by atoms with Crippen molar-refractivity contribution < 1.29 is 24.6 Å². The van der Waals surface area contributed by atoms with Gasteiger partial charge < -0.3 is 19.9 Å². The molecule has 1 aliphatic rings. The van der Waals surface area contributed by atoms with Crippen LogP contribution in [0.1, 0.15) is 23.6 Å². The first-order valence-corrected chi connectivity index (χ1v) is 8.57. The van der Waals surface area contributed by atoms with Crippen LogP contribution in [0.2, 0.25) is 5.02 Å². The van der Waals surface area contributed by atoms with E-state index in [0.717, 1.165) is 4.90 Å². The van der Waals surface area contributed by atoms with Crippen LogP contribution in [-0.2, 0) is 14.4 Å². The number of carboxylic acids is 1. The third kappa shape index (κ3) is 3.71. The number of aliphatic carboxylic acids is 1. The number of aliphatic hydroxyl groups excluding tert-OH is 1. The van der Waals surface area contributed by atoms with Crippen molar-refractivity contribution in [2.45, 2.75) is 12.5 Å². The minimum atomic E-state index is -1.33. The van der Waals surface area contributed by atoms with Gasteiger partial charge in [0.15, 0.2) is 0 Å². The maximum absolute atomic E-state index is 12.6. The Labute approximate surface area is 160 Å². The molecule has 1 heterocycles. The first kappa shape index (κ1) is 18.7. The number of carbonyl (C=O) groups excluding carboxylic acids is 3. The molecule has 0 saturated carbocycles. The van der Waals surface area contributed by atoms with Gasteiger partial charge in [-0.2, -0.15) is 0 Å². The number of aliphatic hydroxyl groups is 1. The molecule has 1 saturated heterocycles. The van der Waals surface area contributed by atoms with Crippen molar-refractivity contribution in [2.75, 3.05) is 6.54 Å². The van der Waals surface area contributed by atoms with Crippen LogP contribution in [0.3, 0.4) is 0 Å². The van der Waals surface area contributed by atoms with Gasteiger partial charge in [-0.3, -0.25) is 9.59 Å². The van der Waals surface area contributed by atoms with E-state index >= 15 is 0 Å². The van der Waals surface area contributed by atoms with Gasteiger partial charge in [0.1, 0.15) is 5.76 Å². The summed E-state index contributed by atoms with van der Waals surface area (Å²) in [5.41, 5.74) is 0.829. The number of rotatable bonds is 5. The second-order valence-corrected chi connectivity index (χ2v) is 6.47. The van der Waals surface area contributed by atoms with Gasteiger partial charge >= 0.3 is 0 Å². The maximum atomic E-state index is 12.6. The Hall–Kier alpha value is -3.12. The van der Waals surface area contributed by atoms with E-state index in [-0.39, 0.29) is 17.9 Å². The molecule has 6 nitrogen and oxygen atoms in total. The summed E-state index contributed by atoms with van der Waals surface area (Å²) < 4.78 is 0. The second kappa shape index (κ2) is 7.63. The fourth-order valence-corrected chi connectivity index (χ4v) is 3.19. The molecule has 3 rings (SSSR count). The smallest absolute Gasteiger partial charge is 0.295 e. The summed E-state index contributed by atoms with van der Waals surface area (Å²) in [6, 6.07) is 13.9. The molecule has 2 aromatic carbocycles. The summed E-state index contributed by atoms with van der Waals surface area (Å²) in [4.78, 5) is 37.1. The third-order valence-electron chi connectivity index (χ3n) is 4.33. The van der Waals surface area contributed by atoms with Gasteiger partial charge in [-0.1, -0.05) is 41.9 Å². The number of carboxylic acid groups (broad SMARTS) is 1. The number of likely N-dealkylation sites (tertiary alicyclic amines) is 1. The summed E-state index contributed by atoms with van der Waals surface area (Å²) in [6.45, 7) is -0.204. The molecule has 1 fully saturated rings. The Bertz CT molecular complexity index is 921. The number of Topliss-reactive ketones (excluding diaryl/α,β-unsaturated/α-hetero) is 1. The van der Waals surface area contributed by atoms with E-state index in [0.29, 0.717) is 16.1 Å². The summed E-state index contributed by atoms with van der Waals surface area (Å²) in [5, 5.41) is 22.0. The Kier molecular flexibility index (Phi) is 5.28. The van der Waals surface area contributed by atoms with Gasteiger partial charge in [-0.05, 0) is 29.8 Å². The number of carbonyl (C=O) groups is 3. The van der Waals surface area contributed by atoms with Crippen molar-refractivity contribution in [1.82, 2.24) is 4.90 Å². The summed E-state index contributed by atoms with van der Waals surface area (Å²) >= 11 is 5.86. The van der Waals surface area contributed by atoms with Gasteiger partial charge in [-0.25, -0.2) is 0 Å². The van der Waals surface area contributed by atoms with E-state index in [4.69, 9.17) is 11.6 Å². The van der Waals surface area contributed by atoms with Crippen molar-refractivity contribution in [1.29, 1.82) is 0 Å². The van der Waals surface area contributed by atoms with Crippen LogP contribution in [0.15, 0.2) is 60.2 Å². The van der Waals surface area contributed by atoms with Crippen LogP contribution in [0.25, 0.3) is 5.76 Å². The normalized spacial score (nSPS) is 18.7. The van der Waals surface area contributed by atoms with Crippen LogP contribution in [0.4, 0.5) is 0 Å². The summed E-state index contributed by atoms with van der Waals surface area (Å²) in [6.07, 6.45) is -0.419. The predicted molar refractivity (Wildman–Crippen MR) is 96.5 cm³/mol. The number of hydrogen-bond acceptors (Lipinski definition) is 5. The fourth-order valence-electron chi connectivity index (χ4n) is 3.07. The molecule has 1 atom stereocenters. The highest BCUT2D eigenvalue weighted by molar-refractivity contribution is 6.46. The van der Waals surface area contributed by atoms with Crippen molar-refractivity contribution in [3.05, 3.63) is 76.3 Å². The lowest BCUT2D eigenvalue weighted by Gasteiger charge is -2.25. The van der Waals surface area contributed by atoms with Crippen LogP contribution in [-0.4, -0.2) is 34.2 Å². The SMILES string of the molecule is O=C([O-])CCN1C(=O)C(=O)C(=C(O)c2ccc(Cl)cc2)[C@H]1c1ccccc1. The van der Waals surface area contributed by atoms with Gasteiger partial charge in [0.25, 0.3) is 11.7 Å². The zero-order chi connectivity index (χ0) is 19.6. The first-order chi connectivity index (χ1) is 12.9. The monoisotopic (exact) mass is 384 g/mol. The minimum absolute atomic E-state index is 0.0909. The highest BCUT2D eigenvalue weighted by atomic mass is 35.5. The van der Waals surface area contributed by atoms with Crippen molar-refractivity contribution in [3.8, 4) is 0 Å². The number of hydrogen-bond donors (Lipinski definition) is 1. The van der Waals surface area contributed by atoms with Crippen molar-refractivity contribution in [3.63, 3.8) is 0 Å². The summed E-state index contributed by atoms with van der Waals surface area (Å²) in [7, 11) is 0. The fraction of sp³-hybridized carbons (Fsp3) is 0.150. The minimum Gasteiger partial charge on any atom is -0.550 e.